The van der Waals surface area contributed by atoms with Crippen molar-refractivity contribution in [3.05, 3.63) is 19.7 Å². The Balaban J connectivity index is 2.63. The average molecular weight is 354 g/mol. The van der Waals surface area contributed by atoms with E-state index in [9.17, 15) is 0 Å². The maximum absolute atomic E-state index is 3.59. The molecular weight excluding hydrogens is 352 g/mol. The zero-order valence-electron chi connectivity index (χ0n) is 6.14. The summed E-state index contributed by atoms with van der Waals surface area (Å²) in [6, 6.07) is 2.20. The van der Waals surface area contributed by atoms with E-state index in [1.165, 1.54) is 27.1 Å². The van der Waals surface area contributed by atoms with E-state index >= 15 is 0 Å². The summed E-state index contributed by atoms with van der Waals surface area (Å²) >= 11 is 12.6. The van der Waals surface area contributed by atoms with Crippen molar-refractivity contribution in [3.8, 4) is 0 Å². The summed E-state index contributed by atoms with van der Waals surface area (Å²) in [5.74, 6) is 0. The minimum absolute atomic E-state index is 1.20. The van der Waals surface area contributed by atoms with Crippen molar-refractivity contribution in [3.63, 3.8) is 0 Å². The van der Waals surface area contributed by atoms with Gasteiger partial charge in [0.25, 0.3) is 0 Å². The van der Waals surface area contributed by atoms with Gasteiger partial charge in [-0.2, -0.15) is 0 Å². The summed E-state index contributed by atoms with van der Waals surface area (Å²) in [6.07, 6.45) is 0. The highest BCUT2D eigenvalue weighted by Crippen LogP contribution is 2.48. The second-order valence-corrected chi connectivity index (χ2v) is 7.90. The summed E-state index contributed by atoms with van der Waals surface area (Å²) in [5.41, 5.74) is 0. The first-order chi connectivity index (χ1) is 6.27. The van der Waals surface area contributed by atoms with Crippen LogP contribution in [-0.4, -0.2) is 0 Å². The average Bonchev–Trinajstić information content (AvgIpc) is 2.70. The second kappa shape index (κ2) is 3.03. The number of hydrogen-bond donors (Lipinski definition) is 0. The van der Waals surface area contributed by atoms with Gasteiger partial charge in [-0.3, -0.25) is 0 Å². The van der Waals surface area contributed by atoms with Gasteiger partial charge < -0.3 is 0 Å². The van der Waals surface area contributed by atoms with Crippen LogP contribution in [0.25, 0.3) is 18.8 Å². The molecule has 0 aromatic carbocycles. The van der Waals surface area contributed by atoms with Gasteiger partial charge in [-0.25, -0.2) is 0 Å². The van der Waals surface area contributed by atoms with Gasteiger partial charge in [0.2, 0.25) is 0 Å². The van der Waals surface area contributed by atoms with E-state index in [-0.39, 0.29) is 0 Å². The van der Waals surface area contributed by atoms with Gasteiger partial charge in [0.05, 0.1) is 21.7 Å². The van der Waals surface area contributed by atoms with Gasteiger partial charge in [0.1, 0.15) is 0 Å². The van der Waals surface area contributed by atoms with Crippen LogP contribution < -0.4 is 0 Å². The van der Waals surface area contributed by atoms with Gasteiger partial charge in [0.15, 0.2) is 0 Å². The molecule has 3 aromatic rings. The van der Waals surface area contributed by atoms with Crippen LogP contribution in [0.5, 0.6) is 0 Å². The first-order valence-electron chi connectivity index (χ1n) is 3.51. The molecule has 3 aromatic heterocycles. The highest BCUT2D eigenvalue weighted by Gasteiger charge is 2.14. The third-order valence-electron chi connectivity index (χ3n) is 1.84. The van der Waals surface area contributed by atoms with Crippen molar-refractivity contribution in [2.24, 2.45) is 0 Å². The Morgan fingerprint density at radius 2 is 1.92 bits per heavy atom. The molecule has 0 radical (unpaired) electrons. The van der Waals surface area contributed by atoms with Crippen molar-refractivity contribution in [1.29, 1.82) is 0 Å². The van der Waals surface area contributed by atoms with Crippen LogP contribution in [0.15, 0.2) is 19.7 Å². The van der Waals surface area contributed by atoms with E-state index in [1.54, 1.807) is 11.3 Å². The molecule has 0 spiro atoms. The van der Waals surface area contributed by atoms with E-state index in [4.69, 9.17) is 0 Å². The van der Waals surface area contributed by atoms with Crippen LogP contribution in [-0.2, 0) is 0 Å². The topological polar surface area (TPSA) is 0 Å². The zero-order valence-corrected chi connectivity index (χ0v) is 11.8. The number of hydrogen-bond acceptors (Lipinski definition) is 3. The molecule has 0 unspecified atom stereocenters. The summed E-state index contributed by atoms with van der Waals surface area (Å²) in [6.45, 7) is 0. The minimum atomic E-state index is 1.20. The molecule has 13 heavy (non-hydrogen) atoms. The molecule has 0 amide bonds. The maximum Gasteiger partial charge on any atom is 0.0886 e. The molecule has 0 saturated heterocycles. The Hall–Kier alpha value is 0.580. The lowest BCUT2D eigenvalue weighted by Gasteiger charge is -1.80. The Morgan fingerprint density at radius 1 is 1.08 bits per heavy atom. The smallest absolute Gasteiger partial charge is 0.0886 e. The molecule has 0 fully saturated rings. The Kier molecular flexibility index (Phi) is 2.07. The predicted molar refractivity (Wildman–Crippen MR) is 70.5 cm³/mol. The van der Waals surface area contributed by atoms with Crippen LogP contribution in [0.3, 0.4) is 0 Å². The highest BCUT2D eigenvalue weighted by molar-refractivity contribution is 9.13. The largest absolute Gasteiger partial charge is 0.133 e. The Morgan fingerprint density at radius 3 is 2.77 bits per heavy atom. The van der Waals surface area contributed by atoms with Crippen LogP contribution in [0.1, 0.15) is 0 Å². The summed E-state index contributed by atoms with van der Waals surface area (Å²) in [7, 11) is 0. The number of halogens is 2. The lowest BCUT2D eigenvalue weighted by molar-refractivity contribution is 1.98. The van der Waals surface area contributed by atoms with E-state index in [0.29, 0.717) is 0 Å². The molecule has 0 saturated carbocycles. The van der Waals surface area contributed by atoms with E-state index < -0.39 is 0 Å². The zero-order chi connectivity index (χ0) is 9.00. The number of thiophene rings is 3. The van der Waals surface area contributed by atoms with E-state index in [2.05, 4.69) is 43.3 Å². The Labute approximate surface area is 103 Å². The molecule has 0 nitrogen and oxygen atoms in total. The van der Waals surface area contributed by atoms with Crippen molar-refractivity contribution in [1.82, 2.24) is 0 Å². The van der Waals surface area contributed by atoms with Gasteiger partial charge in [-0.1, -0.05) is 0 Å². The fraction of sp³-hybridized carbons (Fsp3) is 0. The SMILES string of the molecule is Brc1sc2c(sc3sccc32)c1Br. The monoisotopic (exact) mass is 352 g/mol. The molecule has 66 valence electrons. The molecule has 0 aliphatic carbocycles. The molecule has 0 aliphatic rings. The minimum Gasteiger partial charge on any atom is -0.133 e. The summed E-state index contributed by atoms with van der Waals surface area (Å²) in [4.78, 5) is 0. The quantitative estimate of drug-likeness (QED) is 0.486. The van der Waals surface area contributed by atoms with Gasteiger partial charge in [0, 0.05) is 5.39 Å². The third-order valence-corrected chi connectivity index (χ3v) is 7.97. The maximum atomic E-state index is 3.59. The van der Waals surface area contributed by atoms with Crippen molar-refractivity contribution in [2.75, 3.05) is 0 Å². The first-order valence-corrected chi connectivity index (χ1v) is 7.60. The fourth-order valence-corrected chi connectivity index (χ4v) is 6.29. The summed E-state index contributed by atoms with van der Waals surface area (Å²) < 4.78 is 6.61. The van der Waals surface area contributed by atoms with E-state index in [0.717, 1.165) is 0 Å². The van der Waals surface area contributed by atoms with Crippen LogP contribution in [0.4, 0.5) is 0 Å². The molecule has 5 heteroatoms. The normalized spacial score (nSPS) is 11.8. The molecule has 0 atom stereocenters. The second-order valence-electron chi connectivity index (χ2n) is 2.57. The van der Waals surface area contributed by atoms with Gasteiger partial charge >= 0.3 is 0 Å². The number of rotatable bonds is 0. The van der Waals surface area contributed by atoms with E-state index in [1.807, 2.05) is 22.7 Å². The Bertz CT molecular complexity index is 587. The lowest BCUT2D eigenvalue weighted by atomic mass is 10.4. The van der Waals surface area contributed by atoms with Gasteiger partial charge in [-0.05, 0) is 43.3 Å². The third kappa shape index (κ3) is 1.18. The van der Waals surface area contributed by atoms with Crippen LogP contribution >= 0.6 is 65.9 Å². The van der Waals surface area contributed by atoms with Crippen LogP contribution in [0.2, 0.25) is 0 Å². The molecule has 0 aliphatic heterocycles. The molecule has 3 heterocycles. The van der Waals surface area contributed by atoms with Crippen molar-refractivity contribution in [2.45, 2.75) is 0 Å². The highest BCUT2D eigenvalue weighted by atomic mass is 79.9. The molecule has 0 N–H and O–H groups in total. The lowest BCUT2D eigenvalue weighted by Crippen LogP contribution is -1.49. The molecule has 3 rings (SSSR count). The first kappa shape index (κ1) is 8.85. The summed E-state index contributed by atoms with van der Waals surface area (Å²) in [5, 5.41) is 3.56. The van der Waals surface area contributed by atoms with Crippen molar-refractivity contribution >= 4 is 84.7 Å². The van der Waals surface area contributed by atoms with Crippen LogP contribution in [0, 0.1) is 0 Å². The predicted octanol–water partition coefficient (Wildman–Crippen LogP) is 5.70. The fourth-order valence-electron chi connectivity index (χ4n) is 1.27. The standard InChI is InChI=1S/C8H2Br2S3/c9-4-6-5(12-7(4)10)3-1-2-11-8(3)13-6/h1-2H. The van der Waals surface area contributed by atoms with Crippen molar-refractivity contribution < 1.29 is 0 Å². The number of fused-ring (bicyclic) bond motifs is 3. The van der Waals surface area contributed by atoms with Gasteiger partial charge in [-0.15, -0.1) is 34.0 Å². The molecule has 0 bridgehead atoms. The molecular formula is C8H2Br2S3.